The van der Waals surface area contributed by atoms with E-state index in [9.17, 15) is 23.9 Å². The first-order valence-corrected chi connectivity index (χ1v) is 4.17. The van der Waals surface area contributed by atoms with Gasteiger partial charge < -0.3 is 33.4 Å². The molecule has 1 unspecified atom stereocenters. The minimum Gasteiger partial charge on any atom is -0.808 e. The fourth-order valence-corrected chi connectivity index (χ4v) is 0.780. The monoisotopic (exact) mass is 302 g/mol. The molecule has 0 aliphatic heterocycles. The predicted octanol–water partition coefficient (Wildman–Crippen LogP) is -14.0. The Hall–Kier alpha value is 3.09. The second-order valence-electron chi connectivity index (χ2n) is 1.59. The van der Waals surface area contributed by atoms with Gasteiger partial charge in [0.25, 0.3) is 0 Å². The molecule has 17 heavy (non-hydrogen) atoms. The van der Waals surface area contributed by atoms with Gasteiger partial charge in [-0.25, -0.2) is 0 Å². The maximum atomic E-state index is 10.2. The van der Waals surface area contributed by atoms with Crippen LogP contribution in [0.1, 0.15) is 7.43 Å². The first-order valence-electron chi connectivity index (χ1n) is 2.56. The molecule has 0 amide bonds. The second-order valence-corrected chi connectivity index (χ2v) is 3.25. The Morgan fingerprint density at radius 1 is 1.06 bits per heavy atom. The van der Waals surface area contributed by atoms with Crippen LogP contribution in [0.5, 0.6) is 0 Å². The summed E-state index contributed by atoms with van der Waals surface area (Å²) in [5.74, 6) is -2.03. The van der Waals surface area contributed by atoms with Gasteiger partial charge in [0.2, 0.25) is 0 Å². The molecule has 0 saturated carbocycles. The quantitative estimate of drug-likeness (QED) is 0.272. The topological polar surface area (TPSA) is 116 Å². The van der Waals surface area contributed by atoms with Crippen LogP contribution >= 0.6 is 7.60 Å². The van der Waals surface area contributed by atoms with Crippen molar-refractivity contribution in [3.05, 3.63) is 0 Å². The Bertz CT molecular complexity index is 210. The van der Waals surface area contributed by atoms with Crippen molar-refractivity contribution in [2.24, 2.45) is 0 Å². The summed E-state index contributed by atoms with van der Waals surface area (Å²) in [5, 5.41) is 0. The normalized spacial score (nSPS) is 9.29. The molecule has 0 aromatic heterocycles. The molecule has 0 spiro atoms. The van der Waals surface area contributed by atoms with Gasteiger partial charge in [0, 0.05) is 0 Å². The van der Waals surface area contributed by atoms with Crippen LogP contribution in [0.4, 0.5) is 0 Å². The largest absolute Gasteiger partial charge is 1.00 e. The van der Waals surface area contributed by atoms with Crippen LogP contribution < -0.4 is 128 Å². The molecule has 12 heteroatoms. The van der Waals surface area contributed by atoms with E-state index in [1.54, 1.807) is 0 Å². The molecule has 0 aromatic carbocycles. The zero-order valence-electron chi connectivity index (χ0n) is 9.59. The van der Waals surface area contributed by atoms with E-state index in [0.29, 0.717) is 0 Å². The number of hydrogen-bond donors (Lipinski definition) is 0. The first-order chi connectivity index (χ1) is 5.52. The Morgan fingerprint density at radius 3 is 1.71 bits per heavy atom. The van der Waals surface area contributed by atoms with Gasteiger partial charge in [-0.1, -0.05) is 20.4 Å². The maximum absolute atomic E-state index is 10.2. The van der Waals surface area contributed by atoms with Gasteiger partial charge in [-0.2, -0.15) is 0 Å². The molecule has 0 aliphatic rings. The Labute approximate surface area is 188 Å². The van der Waals surface area contributed by atoms with Crippen molar-refractivity contribution in [2.75, 3.05) is 6.61 Å². The molecule has 0 N–H and O–H groups in total. The third-order valence-electron chi connectivity index (χ3n) is 0.822. The average molecular weight is 302 g/mol. The van der Waals surface area contributed by atoms with E-state index in [-0.39, 0.29) is 126 Å². The zero-order valence-corrected chi connectivity index (χ0v) is 18.5. The van der Waals surface area contributed by atoms with Crippen LogP contribution in [0.3, 0.4) is 0 Å². The van der Waals surface area contributed by atoms with Crippen molar-refractivity contribution >= 4 is 20.5 Å². The van der Waals surface area contributed by atoms with Gasteiger partial charge in [0.1, 0.15) is 5.85 Å². The van der Waals surface area contributed by atoms with Gasteiger partial charge in [-0.3, -0.25) is 0 Å². The summed E-state index contributed by atoms with van der Waals surface area (Å²) >= 11 is 0. The van der Waals surface area contributed by atoms with E-state index in [0.717, 1.165) is 12.9 Å². The van der Waals surface area contributed by atoms with Crippen LogP contribution in [0.2, 0.25) is 0 Å². The molecule has 0 aliphatic carbocycles. The van der Waals surface area contributed by atoms with Gasteiger partial charge in [0.15, 0.2) is 0 Å². The molecular formula is C5H7Na4O7P. The summed E-state index contributed by atoms with van der Waals surface area (Å²) in [7, 11) is -5.11. The molecule has 0 fully saturated rings. The van der Waals surface area contributed by atoms with Crippen LogP contribution in [0.15, 0.2) is 0 Å². The molecule has 0 aromatic rings. The SMILES string of the molecule is C.O=[C-]OCC(O[C-]=O)P(=O)([O-])[O-].[Na+].[Na+].[Na+].[Na+]. The van der Waals surface area contributed by atoms with E-state index < -0.39 is 20.0 Å². The smallest absolute Gasteiger partial charge is 0.808 e. The van der Waals surface area contributed by atoms with Crippen LogP contribution in [-0.4, -0.2) is 25.4 Å². The number of rotatable bonds is 6. The van der Waals surface area contributed by atoms with Crippen molar-refractivity contribution in [3.8, 4) is 0 Å². The van der Waals surface area contributed by atoms with Crippen molar-refractivity contribution < 1.29 is 152 Å². The Balaban J connectivity index is -0.0000000605. The number of hydrogen-bond acceptors (Lipinski definition) is 7. The average Bonchev–Trinajstić information content (AvgIpc) is 1.95. The molecule has 78 valence electrons. The van der Waals surface area contributed by atoms with E-state index in [1.807, 2.05) is 0 Å². The fourth-order valence-electron chi connectivity index (χ4n) is 0.351. The van der Waals surface area contributed by atoms with Crippen molar-refractivity contribution in [2.45, 2.75) is 13.3 Å². The van der Waals surface area contributed by atoms with Crippen molar-refractivity contribution in [1.29, 1.82) is 0 Å². The Morgan fingerprint density at radius 2 is 1.47 bits per heavy atom. The van der Waals surface area contributed by atoms with E-state index in [2.05, 4.69) is 9.47 Å². The molecule has 0 saturated heterocycles. The van der Waals surface area contributed by atoms with Crippen molar-refractivity contribution in [3.63, 3.8) is 0 Å². The summed E-state index contributed by atoms with van der Waals surface area (Å²) < 4.78 is 17.7. The van der Waals surface area contributed by atoms with Crippen LogP contribution in [0.25, 0.3) is 0 Å². The summed E-state index contributed by atoms with van der Waals surface area (Å²) in [6.07, 6.45) is 0. The molecule has 0 rings (SSSR count). The summed E-state index contributed by atoms with van der Waals surface area (Å²) in [4.78, 5) is 39.3. The fraction of sp³-hybridized carbons (Fsp3) is 0.600. The molecule has 1 atom stereocenters. The molecule has 0 heterocycles. The summed E-state index contributed by atoms with van der Waals surface area (Å²) in [6, 6.07) is 0. The summed E-state index contributed by atoms with van der Waals surface area (Å²) in [5.41, 5.74) is 0. The standard InChI is InChI=1S/C4H5O7P.CH4.4Na/c5-2-10-1-4(11-3-6)12(7,8)9;;;;;/h4H,1H2,(H2,7,8,9);1H4;;;;/q-2;;4*+1/p-2. The van der Waals surface area contributed by atoms with Gasteiger partial charge in [0.05, 0.1) is 6.61 Å². The third kappa shape index (κ3) is 21.5. The summed E-state index contributed by atoms with van der Waals surface area (Å²) in [6.45, 7) is 0.749. The first kappa shape index (κ1) is 36.9. The predicted molar refractivity (Wildman–Crippen MR) is 36.5 cm³/mol. The molecular weight excluding hydrogens is 295 g/mol. The van der Waals surface area contributed by atoms with Crippen LogP contribution in [0, 0.1) is 0 Å². The van der Waals surface area contributed by atoms with Gasteiger partial charge >= 0.3 is 118 Å². The molecule has 0 radical (unpaired) electrons. The van der Waals surface area contributed by atoms with E-state index >= 15 is 0 Å². The number of ether oxygens (including phenoxy) is 2. The van der Waals surface area contributed by atoms with E-state index in [1.165, 1.54) is 0 Å². The zero-order chi connectivity index (χ0) is 9.61. The van der Waals surface area contributed by atoms with Crippen molar-refractivity contribution in [1.82, 2.24) is 0 Å². The molecule has 0 bridgehead atoms. The Kier molecular flexibility index (Phi) is 46.4. The molecule has 7 nitrogen and oxygen atoms in total. The minimum atomic E-state index is -5.11. The van der Waals surface area contributed by atoms with Gasteiger partial charge in [-0.05, 0) is 7.60 Å². The minimum absolute atomic E-state index is 0. The third-order valence-corrected chi connectivity index (χ3v) is 1.78. The van der Waals surface area contributed by atoms with Gasteiger partial charge in [-0.15, -0.1) is 0 Å². The second kappa shape index (κ2) is 21.4. The van der Waals surface area contributed by atoms with E-state index in [4.69, 9.17) is 0 Å². The van der Waals surface area contributed by atoms with Crippen LogP contribution in [-0.2, 0) is 23.6 Å². The number of carbonyl (C=O) groups excluding carboxylic acids is 2. The maximum Gasteiger partial charge on any atom is 1.00 e.